The van der Waals surface area contributed by atoms with Gasteiger partial charge in [-0.1, -0.05) is 42.4 Å². The van der Waals surface area contributed by atoms with Crippen LogP contribution in [0.5, 0.6) is 0 Å². The van der Waals surface area contributed by atoms with Crippen molar-refractivity contribution in [1.82, 2.24) is 4.90 Å². The summed E-state index contributed by atoms with van der Waals surface area (Å²) in [5.74, 6) is 2.47. The molecule has 1 atom stereocenters. The summed E-state index contributed by atoms with van der Waals surface area (Å²) >= 11 is 0. The van der Waals surface area contributed by atoms with Crippen LogP contribution < -0.4 is 5.73 Å². The first-order chi connectivity index (χ1) is 6.55. The third kappa shape index (κ3) is 3.65. The molecule has 0 aromatic carbocycles. The molecule has 1 rings (SSSR count). The zero-order valence-electron chi connectivity index (χ0n) is 9.45. The van der Waals surface area contributed by atoms with Gasteiger partial charge in [0.1, 0.15) is 0 Å². The molecule has 0 aromatic rings. The topological polar surface area (TPSA) is 29.3 Å². The van der Waals surface area contributed by atoms with Gasteiger partial charge in [-0.3, -0.25) is 4.90 Å². The maximum Gasteiger partial charge on any atom is 0.0267 e. The Morgan fingerprint density at radius 3 is 2.07 bits per heavy atom. The first kappa shape index (κ1) is 12.7. The molecular weight excluding hydrogens is 212 g/mol. The molecule has 14 heavy (non-hydrogen) atoms. The molecule has 84 valence electrons. The molecule has 0 radical (unpaired) electrons. The Kier molecular flexibility index (Phi) is 5.11. The lowest BCUT2D eigenvalue weighted by Crippen LogP contribution is -2.49. The highest BCUT2D eigenvalue weighted by molar-refractivity contribution is 8.76. The Labute approximate surface area is 95.8 Å². The SMILES string of the molecule is CC(C)(C)C(CN)N1CCSSCC1. The number of nitrogens with two attached hydrogens (primary N) is 1. The smallest absolute Gasteiger partial charge is 0.0267 e. The first-order valence-electron chi connectivity index (χ1n) is 5.24. The van der Waals surface area contributed by atoms with E-state index in [1.165, 1.54) is 24.6 Å². The highest BCUT2D eigenvalue weighted by atomic mass is 33.1. The van der Waals surface area contributed by atoms with Crippen LogP contribution in [-0.2, 0) is 0 Å². The fourth-order valence-electron chi connectivity index (χ4n) is 1.90. The number of rotatable bonds is 2. The second-order valence-electron chi connectivity index (χ2n) is 4.80. The van der Waals surface area contributed by atoms with Crippen molar-refractivity contribution < 1.29 is 0 Å². The average molecular weight is 234 g/mol. The quantitative estimate of drug-likeness (QED) is 0.741. The summed E-state index contributed by atoms with van der Waals surface area (Å²) in [5.41, 5.74) is 6.19. The molecule has 1 unspecified atom stereocenters. The van der Waals surface area contributed by atoms with Gasteiger partial charge in [0.05, 0.1) is 0 Å². The van der Waals surface area contributed by atoms with Crippen LogP contribution in [0.4, 0.5) is 0 Å². The Hall–Kier alpha value is 0.620. The van der Waals surface area contributed by atoms with Gasteiger partial charge < -0.3 is 5.73 Å². The second-order valence-corrected chi connectivity index (χ2v) is 7.50. The Bertz CT molecular complexity index is 160. The van der Waals surface area contributed by atoms with Crippen molar-refractivity contribution in [1.29, 1.82) is 0 Å². The normalized spacial score (nSPS) is 23.1. The van der Waals surface area contributed by atoms with Gasteiger partial charge in [0.2, 0.25) is 0 Å². The summed E-state index contributed by atoms with van der Waals surface area (Å²) in [6.45, 7) is 10.0. The molecule has 4 heteroatoms. The minimum atomic E-state index is 0.300. The second kappa shape index (κ2) is 5.64. The fourth-order valence-corrected chi connectivity index (χ4v) is 3.91. The predicted octanol–water partition coefficient (Wildman–Crippen LogP) is 2.06. The maximum absolute atomic E-state index is 5.89. The third-order valence-corrected chi connectivity index (χ3v) is 5.04. The summed E-state index contributed by atoms with van der Waals surface area (Å²) in [6.07, 6.45) is 0. The molecule has 0 bridgehead atoms. The fraction of sp³-hybridized carbons (Fsp3) is 1.00. The molecule has 1 aliphatic rings. The van der Waals surface area contributed by atoms with Crippen LogP contribution in [0, 0.1) is 5.41 Å². The molecule has 1 saturated heterocycles. The van der Waals surface area contributed by atoms with Crippen molar-refractivity contribution in [3.63, 3.8) is 0 Å². The molecule has 2 N–H and O–H groups in total. The van der Waals surface area contributed by atoms with Gasteiger partial charge in [-0.2, -0.15) is 0 Å². The van der Waals surface area contributed by atoms with Crippen molar-refractivity contribution in [3.8, 4) is 0 Å². The molecule has 0 spiro atoms. The van der Waals surface area contributed by atoms with Gasteiger partial charge in [-0.25, -0.2) is 0 Å². The molecule has 0 aliphatic carbocycles. The van der Waals surface area contributed by atoms with Crippen LogP contribution in [0.25, 0.3) is 0 Å². The standard InChI is InChI=1S/C10H22N2S2/c1-10(2,3)9(8-11)12-4-6-13-14-7-5-12/h9H,4-8,11H2,1-3H3. The Balaban J connectivity index is 2.58. The van der Waals surface area contributed by atoms with E-state index in [9.17, 15) is 0 Å². The summed E-state index contributed by atoms with van der Waals surface area (Å²) < 4.78 is 0. The lowest BCUT2D eigenvalue weighted by molar-refractivity contribution is 0.119. The van der Waals surface area contributed by atoms with Gasteiger partial charge in [-0.05, 0) is 5.41 Å². The minimum absolute atomic E-state index is 0.300. The summed E-state index contributed by atoms with van der Waals surface area (Å²) in [6, 6.07) is 0.529. The van der Waals surface area contributed by atoms with E-state index in [0.29, 0.717) is 11.5 Å². The zero-order chi connectivity index (χ0) is 10.6. The van der Waals surface area contributed by atoms with E-state index in [4.69, 9.17) is 5.73 Å². The minimum Gasteiger partial charge on any atom is -0.329 e. The van der Waals surface area contributed by atoms with E-state index in [0.717, 1.165) is 6.54 Å². The van der Waals surface area contributed by atoms with E-state index in [2.05, 4.69) is 25.7 Å². The van der Waals surface area contributed by atoms with Gasteiger partial charge in [0, 0.05) is 37.2 Å². The highest BCUT2D eigenvalue weighted by Gasteiger charge is 2.29. The number of hydrogen-bond donors (Lipinski definition) is 1. The van der Waals surface area contributed by atoms with Crippen molar-refractivity contribution in [2.75, 3.05) is 31.1 Å². The third-order valence-electron chi connectivity index (χ3n) is 2.67. The molecule has 0 amide bonds. The van der Waals surface area contributed by atoms with E-state index in [-0.39, 0.29) is 0 Å². The van der Waals surface area contributed by atoms with Crippen LogP contribution in [-0.4, -0.2) is 42.1 Å². The molecule has 0 aromatic heterocycles. The molecular formula is C10H22N2S2. The van der Waals surface area contributed by atoms with Gasteiger partial charge >= 0.3 is 0 Å². The van der Waals surface area contributed by atoms with Crippen LogP contribution in [0.2, 0.25) is 0 Å². The monoisotopic (exact) mass is 234 g/mol. The lowest BCUT2D eigenvalue weighted by atomic mass is 9.85. The van der Waals surface area contributed by atoms with Crippen molar-refractivity contribution in [2.45, 2.75) is 26.8 Å². The maximum atomic E-state index is 5.89. The summed E-state index contributed by atoms with van der Waals surface area (Å²) in [4.78, 5) is 2.56. The summed E-state index contributed by atoms with van der Waals surface area (Å²) in [7, 11) is 3.98. The van der Waals surface area contributed by atoms with Gasteiger partial charge in [0.25, 0.3) is 0 Å². The van der Waals surface area contributed by atoms with E-state index >= 15 is 0 Å². The van der Waals surface area contributed by atoms with Crippen LogP contribution in [0.15, 0.2) is 0 Å². The zero-order valence-corrected chi connectivity index (χ0v) is 11.1. The largest absolute Gasteiger partial charge is 0.329 e. The molecule has 1 aliphatic heterocycles. The molecule has 1 fully saturated rings. The molecule has 1 heterocycles. The van der Waals surface area contributed by atoms with E-state index < -0.39 is 0 Å². The van der Waals surface area contributed by atoms with E-state index in [1.54, 1.807) is 0 Å². The summed E-state index contributed by atoms with van der Waals surface area (Å²) in [5, 5.41) is 0. The molecule has 0 saturated carbocycles. The Morgan fingerprint density at radius 2 is 1.71 bits per heavy atom. The van der Waals surface area contributed by atoms with Crippen molar-refractivity contribution in [2.24, 2.45) is 11.1 Å². The van der Waals surface area contributed by atoms with Gasteiger partial charge in [0.15, 0.2) is 0 Å². The van der Waals surface area contributed by atoms with Crippen molar-refractivity contribution >= 4 is 21.6 Å². The lowest BCUT2D eigenvalue weighted by Gasteiger charge is -2.38. The highest BCUT2D eigenvalue weighted by Crippen LogP contribution is 2.29. The van der Waals surface area contributed by atoms with E-state index in [1.807, 2.05) is 21.6 Å². The van der Waals surface area contributed by atoms with Crippen molar-refractivity contribution in [3.05, 3.63) is 0 Å². The van der Waals surface area contributed by atoms with Crippen LogP contribution in [0.1, 0.15) is 20.8 Å². The van der Waals surface area contributed by atoms with Crippen LogP contribution >= 0.6 is 21.6 Å². The van der Waals surface area contributed by atoms with Gasteiger partial charge in [-0.15, -0.1) is 0 Å². The predicted molar refractivity (Wildman–Crippen MR) is 68.8 cm³/mol. The van der Waals surface area contributed by atoms with Crippen LogP contribution in [0.3, 0.4) is 0 Å². The number of nitrogens with zero attached hydrogens (tertiary/aromatic N) is 1. The number of hydrogen-bond acceptors (Lipinski definition) is 4. The Morgan fingerprint density at radius 1 is 1.21 bits per heavy atom. The molecule has 2 nitrogen and oxygen atoms in total. The first-order valence-corrected chi connectivity index (χ1v) is 7.73. The average Bonchev–Trinajstić information content (AvgIpc) is 2.31.